The monoisotopic (exact) mass is 535 g/mol. The van der Waals surface area contributed by atoms with Crippen LogP contribution < -0.4 is 24.3 Å². The number of dihydropyridines is 1. The minimum atomic E-state index is -0.665. The molecule has 0 amide bonds. The molecule has 1 aliphatic carbocycles. The van der Waals surface area contributed by atoms with Gasteiger partial charge in [-0.3, -0.25) is 4.79 Å². The minimum absolute atomic E-state index is 0.0419. The zero-order valence-electron chi connectivity index (χ0n) is 23.7. The Morgan fingerprint density at radius 1 is 0.974 bits per heavy atom. The second-order valence-corrected chi connectivity index (χ2v) is 9.84. The number of allylic oxidation sites excluding steroid dienone is 3. The molecule has 0 spiro atoms. The summed E-state index contributed by atoms with van der Waals surface area (Å²) < 4.78 is 28.0. The van der Waals surface area contributed by atoms with Crippen molar-refractivity contribution in [1.82, 2.24) is 5.32 Å². The van der Waals surface area contributed by atoms with Crippen LogP contribution in [0.4, 0.5) is 0 Å². The number of nitrogens with one attached hydrogen (secondary N) is 1. The van der Waals surface area contributed by atoms with E-state index in [9.17, 15) is 9.59 Å². The molecule has 2 aromatic rings. The predicted molar refractivity (Wildman–Crippen MR) is 148 cm³/mol. The molecule has 8 heteroatoms. The number of carbonyl (C=O) groups is 2. The van der Waals surface area contributed by atoms with Gasteiger partial charge in [-0.1, -0.05) is 25.1 Å². The summed E-state index contributed by atoms with van der Waals surface area (Å²) in [4.78, 5) is 27.5. The van der Waals surface area contributed by atoms with Gasteiger partial charge < -0.3 is 29.0 Å². The second-order valence-electron chi connectivity index (χ2n) is 9.84. The SMILES string of the molecule is CC[C@H](C)OC(=O)C1=C(C)NC2=C(C(=O)C[C@H](c3ccc(OC)c(OC)c3)C2)[C@H]1c1cccc(OC)c1OC. The second kappa shape index (κ2) is 11.8. The van der Waals surface area contributed by atoms with Crippen LogP contribution in [0, 0.1) is 0 Å². The molecule has 0 bridgehead atoms. The number of hydrogen-bond acceptors (Lipinski definition) is 8. The van der Waals surface area contributed by atoms with Gasteiger partial charge in [-0.15, -0.1) is 0 Å². The molecule has 0 saturated heterocycles. The molecule has 39 heavy (non-hydrogen) atoms. The zero-order valence-corrected chi connectivity index (χ0v) is 23.7. The molecule has 0 unspecified atom stereocenters. The lowest BCUT2D eigenvalue weighted by Crippen LogP contribution is -2.36. The van der Waals surface area contributed by atoms with Crippen molar-refractivity contribution in [2.45, 2.75) is 58.0 Å². The number of Topliss-reactive ketones (excluding diaryl/α,β-unsaturated/α-hetero) is 1. The molecule has 0 radical (unpaired) electrons. The molecule has 3 atom stereocenters. The summed E-state index contributed by atoms with van der Waals surface area (Å²) in [5, 5.41) is 3.40. The Hall–Kier alpha value is -3.94. The van der Waals surface area contributed by atoms with Gasteiger partial charge in [-0.05, 0) is 56.4 Å². The lowest BCUT2D eigenvalue weighted by Gasteiger charge is -2.37. The highest BCUT2D eigenvalue weighted by atomic mass is 16.5. The number of hydrogen-bond donors (Lipinski definition) is 1. The van der Waals surface area contributed by atoms with Crippen LogP contribution in [0.1, 0.15) is 63.0 Å². The predicted octanol–water partition coefficient (Wildman–Crippen LogP) is 5.42. The number of para-hydroxylation sites is 1. The van der Waals surface area contributed by atoms with E-state index in [4.69, 9.17) is 23.7 Å². The van der Waals surface area contributed by atoms with Crippen LogP contribution in [0.15, 0.2) is 58.9 Å². The van der Waals surface area contributed by atoms with Gasteiger partial charge in [0.25, 0.3) is 0 Å². The summed E-state index contributed by atoms with van der Waals surface area (Å²) in [7, 11) is 6.31. The Balaban J connectivity index is 1.84. The topological polar surface area (TPSA) is 92.3 Å². The third kappa shape index (κ3) is 5.33. The molecule has 0 saturated carbocycles. The molecular weight excluding hydrogens is 498 g/mol. The van der Waals surface area contributed by atoms with E-state index < -0.39 is 11.9 Å². The van der Waals surface area contributed by atoms with Crippen molar-refractivity contribution in [2.75, 3.05) is 28.4 Å². The van der Waals surface area contributed by atoms with Crippen molar-refractivity contribution < 1.29 is 33.3 Å². The van der Waals surface area contributed by atoms with Crippen molar-refractivity contribution >= 4 is 11.8 Å². The molecular formula is C31H37NO7. The molecule has 0 aromatic heterocycles. The number of methoxy groups -OCH3 is 4. The van der Waals surface area contributed by atoms with Gasteiger partial charge in [0.2, 0.25) is 0 Å². The first kappa shape index (κ1) is 28.1. The Bertz CT molecular complexity index is 1330. The molecule has 8 nitrogen and oxygen atoms in total. The Labute approximate surface area is 229 Å². The molecule has 2 aliphatic rings. The van der Waals surface area contributed by atoms with Crippen molar-refractivity contribution in [3.63, 3.8) is 0 Å². The number of carbonyl (C=O) groups excluding carboxylic acids is 2. The summed E-state index contributed by atoms with van der Waals surface area (Å²) in [5.41, 5.74) is 4.06. The molecule has 0 fully saturated rings. The third-order valence-corrected chi connectivity index (χ3v) is 7.55. The Morgan fingerprint density at radius 3 is 2.33 bits per heavy atom. The summed E-state index contributed by atoms with van der Waals surface area (Å²) >= 11 is 0. The number of ketones is 1. The van der Waals surface area contributed by atoms with E-state index in [0.29, 0.717) is 58.2 Å². The molecule has 208 valence electrons. The maximum absolute atomic E-state index is 14.0. The highest BCUT2D eigenvalue weighted by Gasteiger charge is 2.43. The van der Waals surface area contributed by atoms with Crippen LogP contribution in [-0.4, -0.2) is 46.3 Å². The fraction of sp³-hybridized carbons (Fsp3) is 0.419. The first-order valence-corrected chi connectivity index (χ1v) is 13.2. The van der Waals surface area contributed by atoms with Crippen molar-refractivity contribution in [3.8, 4) is 23.0 Å². The van der Waals surface area contributed by atoms with Gasteiger partial charge >= 0.3 is 5.97 Å². The Kier molecular flexibility index (Phi) is 8.53. The number of esters is 1. The maximum atomic E-state index is 14.0. The van der Waals surface area contributed by atoms with E-state index in [1.165, 1.54) is 0 Å². The summed E-state index contributed by atoms with van der Waals surface area (Å²) in [6, 6.07) is 11.3. The van der Waals surface area contributed by atoms with E-state index in [-0.39, 0.29) is 24.2 Å². The van der Waals surface area contributed by atoms with Gasteiger partial charge in [0.1, 0.15) is 0 Å². The van der Waals surface area contributed by atoms with Crippen molar-refractivity contribution in [3.05, 3.63) is 70.1 Å². The molecule has 1 N–H and O–H groups in total. The van der Waals surface area contributed by atoms with Crippen LogP contribution in [0.3, 0.4) is 0 Å². The molecule has 2 aromatic carbocycles. The number of benzene rings is 2. The Morgan fingerprint density at radius 2 is 1.69 bits per heavy atom. The minimum Gasteiger partial charge on any atom is -0.493 e. The molecule has 1 aliphatic heterocycles. The first-order chi connectivity index (χ1) is 18.8. The standard InChI is InChI=1S/C31H37NO7/c1-8-17(2)39-31(34)27-18(3)32-22-14-20(19-12-13-24(35-4)26(16-19)37-6)15-23(33)29(22)28(27)21-10-9-11-25(36-5)30(21)38-7/h9-13,16-17,20,28,32H,8,14-15H2,1-7H3/t17-,20+,28-/m0/s1. The highest BCUT2D eigenvalue weighted by molar-refractivity contribution is 6.04. The van der Waals surface area contributed by atoms with Crippen LogP contribution in [0.2, 0.25) is 0 Å². The summed E-state index contributed by atoms with van der Waals surface area (Å²) in [6.45, 7) is 5.66. The van der Waals surface area contributed by atoms with Crippen LogP contribution >= 0.6 is 0 Å². The highest BCUT2D eigenvalue weighted by Crippen LogP contribution is 2.49. The number of ether oxygens (including phenoxy) is 5. The third-order valence-electron chi connectivity index (χ3n) is 7.55. The van der Waals surface area contributed by atoms with Crippen molar-refractivity contribution in [1.29, 1.82) is 0 Å². The van der Waals surface area contributed by atoms with Crippen LogP contribution in [0.5, 0.6) is 23.0 Å². The van der Waals surface area contributed by atoms with E-state index in [1.54, 1.807) is 34.5 Å². The zero-order chi connectivity index (χ0) is 28.3. The number of rotatable bonds is 9. The lowest BCUT2D eigenvalue weighted by molar-refractivity contribution is -0.144. The van der Waals surface area contributed by atoms with Gasteiger partial charge in [-0.2, -0.15) is 0 Å². The van der Waals surface area contributed by atoms with Gasteiger partial charge in [0, 0.05) is 29.0 Å². The smallest absolute Gasteiger partial charge is 0.337 e. The van der Waals surface area contributed by atoms with E-state index in [0.717, 1.165) is 11.3 Å². The summed E-state index contributed by atoms with van der Waals surface area (Å²) in [6.07, 6.45) is 1.28. The fourth-order valence-corrected chi connectivity index (χ4v) is 5.43. The maximum Gasteiger partial charge on any atom is 0.337 e. The van der Waals surface area contributed by atoms with Crippen molar-refractivity contribution in [2.24, 2.45) is 0 Å². The molecule has 4 rings (SSSR count). The van der Waals surface area contributed by atoms with Crippen LogP contribution in [0.25, 0.3) is 0 Å². The largest absolute Gasteiger partial charge is 0.493 e. The van der Waals surface area contributed by atoms with Gasteiger partial charge in [-0.25, -0.2) is 4.79 Å². The van der Waals surface area contributed by atoms with Gasteiger partial charge in [0.05, 0.1) is 46.0 Å². The average Bonchev–Trinajstić information content (AvgIpc) is 2.94. The van der Waals surface area contributed by atoms with E-state index in [1.807, 2.05) is 51.1 Å². The van der Waals surface area contributed by atoms with Crippen LogP contribution in [-0.2, 0) is 14.3 Å². The summed E-state index contributed by atoms with van der Waals surface area (Å²) in [5.74, 6) is 1.02. The fourth-order valence-electron chi connectivity index (χ4n) is 5.43. The first-order valence-electron chi connectivity index (χ1n) is 13.2. The van der Waals surface area contributed by atoms with Gasteiger partial charge in [0.15, 0.2) is 28.8 Å². The van der Waals surface area contributed by atoms with E-state index in [2.05, 4.69) is 5.32 Å². The normalized spacial score (nSPS) is 19.6. The van der Waals surface area contributed by atoms with E-state index >= 15 is 0 Å². The quantitative estimate of drug-likeness (QED) is 0.426. The lowest BCUT2D eigenvalue weighted by atomic mass is 9.71. The molecule has 1 heterocycles. The average molecular weight is 536 g/mol.